The second-order valence-corrected chi connectivity index (χ2v) is 5.93. The molecule has 0 aliphatic carbocycles. The molecular weight excluding hydrogens is 380 g/mol. The number of nitrogens with one attached hydrogen (secondary N) is 1. The quantitative estimate of drug-likeness (QED) is 0.222. The number of amides is 1. The largest absolute Gasteiger partial charge is 0.465 e. The highest BCUT2D eigenvalue weighted by Crippen LogP contribution is 2.15. The number of hydrogen-bond acceptors (Lipinski definition) is 5. The van der Waals surface area contributed by atoms with Crippen molar-refractivity contribution in [2.75, 3.05) is 0 Å². The lowest BCUT2D eigenvalue weighted by atomic mass is 10.2. The van der Waals surface area contributed by atoms with E-state index >= 15 is 0 Å². The average molecular weight is 395 g/mol. The number of ether oxygens (including phenoxy) is 1. The Bertz CT molecular complexity index is 1030. The average Bonchev–Trinajstić information content (AvgIpc) is 3.21. The van der Waals surface area contributed by atoms with Gasteiger partial charge in [-0.2, -0.15) is 5.10 Å². The molecule has 0 aliphatic heterocycles. The Morgan fingerprint density at radius 2 is 1.93 bits per heavy atom. The van der Waals surface area contributed by atoms with Crippen LogP contribution in [0.4, 0.5) is 0 Å². The van der Waals surface area contributed by atoms with Crippen molar-refractivity contribution in [1.82, 2.24) is 5.43 Å². The first kappa shape index (κ1) is 19.1. The van der Waals surface area contributed by atoms with Crippen LogP contribution in [0.2, 0.25) is 5.02 Å². The standard InChI is InChI=1S/C21H15ClN2O4/c22-19-9-2-1-8-18(19)21(26)24-23-14-15-5-3-6-17(13-15)28-20(25)11-10-16-7-4-12-27-16/h1-14H,(H,24,26)/b11-10+,23-14+. The van der Waals surface area contributed by atoms with Gasteiger partial charge in [0, 0.05) is 6.08 Å². The lowest BCUT2D eigenvalue weighted by Gasteiger charge is -2.03. The van der Waals surface area contributed by atoms with Crippen LogP contribution in [-0.2, 0) is 4.79 Å². The number of hydrogen-bond donors (Lipinski definition) is 1. The van der Waals surface area contributed by atoms with E-state index in [1.807, 2.05) is 0 Å². The molecule has 0 unspecified atom stereocenters. The van der Waals surface area contributed by atoms with E-state index in [1.54, 1.807) is 60.7 Å². The minimum absolute atomic E-state index is 0.326. The lowest BCUT2D eigenvalue weighted by Crippen LogP contribution is -2.17. The number of carbonyl (C=O) groups excluding carboxylic acids is 2. The molecule has 1 N–H and O–H groups in total. The minimum Gasteiger partial charge on any atom is -0.465 e. The SMILES string of the molecule is O=C(/C=C/c1ccco1)Oc1cccc(/C=N/NC(=O)c2ccccc2Cl)c1. The topological polar surface area (TPSA) is 80.9 Å². The zero-order valence-corrected chi connectivity index (χ0v) is 15.3. The summed E-state index contributed by atoms with van der Waals surface area (Å²) >= 11 is 5.97. The predicted molar refractivity (Wildman–Crippen MR) is 106 cm³/mol. The molecule has 0 fully saturated rings. The van der Waals surface area contributed by atoms with Crippen LogP contribution >= 0.6 is 11.6 Å². The van der Waals surface area contributed by atoms with Crippen LogP contribution in [-0.4, -0.2) is 18.1 Å². The minimum atomic E-state index is -0.544. The third-order valence-corrected chi connectivity index (χ3v) is 3.83. The molecule has 0 saturated carbocycles. The number of nitrogens with zero attached hydrogens (tertiary/aromatic N) is 1. The Morgan fingerprint density at radius 3 is 2.71 bits per heavy atom. The van der Waals surface area contributed by atoms with Crippen LogP contribution in [0, 0.1) is 0 Å². The molecule has 1 amide bonds. The summed E-state index contributed by atoms with van der Waals surface area (Å²) in [5, 5.41) is 4.24. The van der Waals surface area contributed by atoms with Crippen molar-refractivity contribution >= 4 is 35.8 Å². The zero-order chi connectivity index (χ0) is 19.8. The third kappa shape index (κ3) is 5.43. The van der Waals surface area contributed by atoms with Crippen molar-refractivity contribution in [1.29, 1.82) is 0 Å². The molecule has 3 aromatic rings. The van der Waals surface area contributed by atoms with Gasteiger partial charge in [-0.25, -0.2) is 10.2 Å². The summed E-state index contributed by atoms with van der Waals surface area (Å²) in [5.41, 5.74) is 3.37. The molecule has 140 valence electrons. The third-order valence-electron chi connectivity index (χ3n) is 3.50. The van der Waals surface area contributed by atoms with Gasteiger partial charge in [0.05, 0.1) is 23.1 Å². The smallest absolute Gasteiger partial charge is 0.336 e. The normalized spacial score (nSPS) is 11.0. The second kappa shape index (κ2) is 9.34. The van der Waals surface area contributed by atoms with Gasteiger partial charge in [0.25, 0.3) is 5.91 Å². The maximum Gasteiger partial charge on any atom is 0.336 e. The molecular formula is C21H15ClN2O4. The Kier molecular flexibility index (Phi) is 6.38. The summed E-state index contributed by atoms with van der Waals surface area (Å²) in [7, 11) is 0. The summed E-state index contributed by atoms with van der Waals surface area (Å²) in [6.45, 7) is 0. The van der Waals surface area contributed by atoms with Gasteiger partial charge in [-0.1, -0.05) is 35.9 Å². The highest BCUT2D eigenvalue weighted by Gasteiger charge is 2.08. The number of benzene rings is 2. The van der Waals surface area contributed by atoms with Gasteiger partial charge in [0.1, 0.15) is 11.5 Å². The van der Waals surface area contributed by atoms with E-state index in [4.69, 9.17) is 20.8 Å². The first-order valence-corrected chi connectivity index (χ1v) is 8.61. The number of hydrazone groups is 1. The molecule has 1 aromatic heterocycles. The number of rotatable bonds is 6. The molecule has 0 bridgehead atoms. The van der Waals surface area contributed by atoms with E-state index < -0.39 is 11.9 Å². The van der Waals surface area contributed by atoms with Crippen LogP contribution in [0.5, 0.6) is 5.75 Å². The maximum atomic E-state index is 12.0. The number of esters is 1. The first-order chi connectivity index (χ1) is 13.6. The van der Waals surface area contributed by atoms with E-state index in [-0.39, 0.29) is 0 Å². The van der Waals surface area contributed by atoms with Crippen LogP contribution in [0.3, 0.4) is 0 Å². The summed E-state index contributed by atoms with van der Waals surface area (Å²) in [6, 6.07) is 16.8. The second-order valence-electron chi connectivity index (χ2n) is 5.52. The zero-order valence-electron chi connectivity index (χ0n) is 14.5. The fourth-order valence-electron chi connectivity index (χ4n) is 2.22. The Labute approximate surface area is 166 Å². The molecule has 2 aromatic carbocycles. The van der Waals surface area contributed by atoms with E-state index in [9.17, 15) is 9.59 Å². The molecule has 0 spiro atoms. The van der Waals surface area contributed by atoms with E-state index in [1.165, 1.54) is 24.6 Å². The summed E-state index contributed by atoms with van der Waals surface area (Å²) in [4.78, 5) is 23.9. The van der Waals surface area contributed by atoms with Crippen molar-refractivity contribution in [3.8, 4) is 5.75 Å². The van der Waals surface area contributed by atoms with Crippen LogP contribution in [0.15, 0.2) is 82.5 Å². The monoisotopic (exact) mass is 394 g/mol. The molecule has 0 radical (unpaired) electrons. The Morgan fingerprint density at radius 1 is 1.07 bits per heavy atom. The van der Waals surface area contributed by atoms with E-state index in [0.717, 1.165) is 0 Å². The Balaban J connectivity index is 1.58. The molecule has 1 heterocycles. The first-order valence-electron chi connectivity index (χ1n) is 8.23. The van der Waals surface area contributed by atoms with Gasteiger partial charge in [-0.3, -0.25) is 4.79 Å². The number of furan rings is 1. The molecule has 7 heteroatoms. The summed E-state index contributed by atoms with van der Waals surface area (Å²) in [5.74, 6) is -0.0763. The maximum absolute atomic E-state index is 12.0. The van der Waals surface area contributed by atoms with Crippen LogP contribution < -0.4 is 10.2 Å². The predicted octanol–water partition coefficient (Wildman–Crippen LogP) is 4.32. The number of carbonyl (C=O) groups is 2. The molecule has 3 rings (SSSR count). The molecule has 28 heavy (non-hydrogen) atoms. The van der Waals surface area contributed by atoms with Gasteiger partial charge in [-0.05, 0) is 48.0 Å². The van der Waals surface area contributed by atoms with Gasteiger partial charge in [0.2, 0.25) is 0 Å². The highest BCUT2D eigenvalue weighted by atomic mass is 35.5. The van der Waals surface area contributed by atoms with Crippen molar-refractivity contribution in [3.63, 3.8) is 0 Å². The van der Waals surface area contributed by atoms with Crippen LogP contribution in [0.1, 0.15) is 21.7 Å². The summed E-state index contributed by atoms with van der Waals surface area (Å²) in [6.07, 6.45) is 5.73. The van der Waals surface area contributed by atoms with Crippen molar-refractivity contribution in [2.24, 2.45) is 5.10 Å². The molecule has 6 nitrogen and oxygen atoms in total. The fraction of sp³-hybridized carbons (Fsp3) is 0. The van der Waals surface area contributed by atoms with Gasteiger partial charge in [0.15, 0.2) is 0 Å². The van der Waals surface area contributed by atoms with Crippen LogP contribution in [0.25, 0.3) is 6.08 Å². The highest BCUT2D eigenvalue weighted by molar-refractivity contribution is 6.33. The fourth-order valence-corrected chi connectivity index (χ4v) is 2.44. The molecule has 0 atom stereocenters. The van der Waals surface area contributed by atoms with Gasteiger partial charge >= 0.3 is 5.97 Å². The molecule has 0 aliphatic rings. The van der Waals surface area contributed by atoms with Crippen molar-refractivity contribution < 1.29 is 18.7 Å². The number of halogens is 1. The van der Waals surface area contributed by atoms with E-state index in [0.29, 0.717) is 27.7 Å². The van der Waals surface area contributed by atoms with Crippen molar-refractivity contribution in [2.45, 2.75) is 0 Å². The van der Waals surface area contributed by atoms with E-state index in [2.05, 4.69) is 10.5 Å². The summed E-state index contributed by atoms with van der Waals surface area (Å²) < 4.78 is 10.3. The van der Waals surface area contributed by atoms with Gasteiger partial charge < -0.3 is 9.15 Å². The molecule has 0 saturated heterocycles. The van der Waals surface area contributed by atoms with Crippen molar-refractivity contribution in [3.05, 3.63) is 94.9 Å². The van der Waals surface area contributed by atoms with Gasteiger partial charge in [-0.15, -0.1) is 0 Å². The lowest BCUT2D eigenvalue weighted by molar-refractivity contribution is -0.128. The Hall–Kier alpha value is -3.64.